The normalized spacial score (nSPS) is 20.8. The summed E-state index contributed by atoms with van der Waals surface area (Å²) in [7, 11) is 1.47. The second-order valence-corrected chi connectivity index (χ2v) is 5.38. The fourth-order valence-electron chi connectivity index (χ4n) is 2.84. The number of likely N-dealkylation sites (N-methyl/N-ethyl adjacent to an activating group) is 1. The van der Waals surface area contributed by atoms with Crippen LogP contribution in [0.3, 0.4) is 0 Å². The quantitative estimate of drug-likeness (QED) is 0.750. The lowest BCUT2D eigenvalue weighted by molar-refractivity contribution is -0.131. The fraction of sp³-hybridized carbons (Fsp3) is 0.429. The average Bonchev–Trinajstić information content (AvgIpc) is 2.73. The average molecular weight is 288 g/mol. The van der Waals surface area contributed by atoms with Gasteiger partial charge < -0.3 is 10.2 Å². The Morgan fingerprint density at radius 3 is 2.52 bits per heavy atom. The zero-order valence-corrected chi connectivity index (χ0v) is 11.7. The third-order valence-corrected chi connectivity index (χ3v) is 4.15. The van der Waals surface area contributed by atoms with E-state index in [0.29, 0.717) is 31.6 Å². The highest BCUT2D eigenvalue weighted by molar-refractivity contribution is 6.07. The van der Waals surface area contributed by atoms with Crippen LogP contribution in [0, 0.1) is 0 Å². The highest BCUT2D eigenvalue weighted by Gasteiger charge is 2.51. The van der Waals surface area contributed by atoms with Crippen LogP contribution in [0.2, 0.25) is 0 Å². The number of nitrogens with one attached hydrogen (secondary N) is 1. The summed E-state index contributed by atoms with van der Waals surface area (Å²) in [5, 5.41) is 2.75. The Morgan fingerprint density at radius 2 is 2.00 bits per heavy atom. The first kappa shape index (κ1) is 13.5. The van der Waals surface area contributed by atoms with E-state index in [4.69, 9.17) is 0 Å². The first-order chi connectivity index (χ1) is 10.0. The Kier molecular flexibility index (Phi) is 3.12. The van der Waals surface area contributed by atoms with Crippen LogP contribution in [-0.2, 0) is 4.79 Å². The third-order valence-electron chi connectivity index (χ3n) is 4.15. The number of nitrogens with zero attached hydrogens (tertiary/aromatic N) is 3. The first-order valence-electron chi connectivity index (χ1n) is 6.84. The van der Waals surface area contributed by atoms with E-state index in [-0.39, 0.29) is 17.8 Å². The van der Waals surface area contributed by atoms with Gasteiger partial charge in [-0.05, 0) is 25.0 Å². The molecule has 3 rings (SSSR count). The second kappa shape index (κ2) is 4.83. The maximum absolute atomic E-state index is 12.3. The molecule has 1 aromatic rings. The number of rotatable bonds is 1. The van der Waals surface area contributed by atoms with Crippen LogP contribution in [0.5, 0.6) is 0 Å². The number of pyridine rings is 1. The van der Waals surface area contributed by atoms with Crippen LogP contribution in [0.1, 0.15) is 23.3 Å². The molecule has 0 aromatic carbocycles. The minimum absolute atomic E-state index is 0.143. The highest BCUT2D eigenvalue weighted by Crippen LogP contribution is 2.29. The van der Waals surface area contributed by atoms with E-state index in [1.165, 1.54) is 7.05 Å². The SMILES string of the molecule is CN1C(=O)NC2(CCN(C(=O)c3ccccn3)CC2)C1=O. The van der Waals surface area contributed by atoms with Crippen molar-refractivity contribution in [2.24, 2.45) is 0 Å². The van der Waals surface area contributed by atoms with E-state index >= 15 is 0 Å². The Bertz CT molecular complexity index is 593. The van der Waals surface area contributed by atoms with Gasteiger partial charge in [-0.25, -0.2) is 4.79 Å². The lowest BCUT2D eigenvalue weighted by Crippen LogP contribution is -2.55. The zero-order chi connectivity index (χ0) is 15.0. The Balaban J connectivity index is 1.70. The molecule has 0 saturated carbocycles. The van der Waals surface area contributed by atoms with Crippen LogP contribution in [0.4, 0.5) is 4.79 Å². The van der Waals surface area contributed by atoms with Gasteiger partial charge in [-0.2, -0.15) is 0 Å². The van der Waals surface area contributed by atoms with Crippen LogP contribution in [0.25, 0.3) is 0 Å². The minimum atomic E-state index is -0.841. The molecular formula is C14H16N4O3. The summed E-state index contributed by atoms with van der Waals surface area (Å²) in [5.41, 5.74) is -0.445. The molecule has 1 aromatic heterocycles. The Morgan fingerprint density at radius 1 is 1.29 bits per heavy atom. The van der Waals surface area contributed by atoms with Gasteiger partial charge in [-0.3, -0.25) is 19.5 Å². The predicted molar refractivity (Wildman–Crippen MR) is 73.4 cm³/mol. The molecule has 1 spiro atoms. The summed E-state index contributed by atoms with van der Waals surface area (Å²) in [5.74, 6) is -0.354. The van der Waals surface area contributed by atoms with E-state index in [1.54, 1.807) is 29.3 Å². The largest absolute Gasteiger partial charge is 0.337 e. The number of amides is 4. The Labute approximate surface area is 121 Å². The standard InChI is InChI=1S/C14H16N4O3/c1-17-12(20)14(16-13(17)21)5-8-18(9-6-14)11(19)10-4-2-3-7-15-10/h2-4,7H,5-6,8-9H2,1H3,(H,16,21). The molecule has 1 N–H and O–H groups in total. The monoisotopic (exact) mass is 288 g/mol. The Hall–Kier alpha value is -2.44. The van der Waals surface area contributed by atoms with E-state index in [2.05, 4.69) is 10.3 Å². The molecule has 0 aliphatic carbocycles. The van der Waals surface area contributed by atoms with Crippen LogP contribution < -0.4 is 5.32 Å². The van der Waals surface area contributed by atoms with E-state index in [1.807, 2.05) is 0 Å². The van der Waals surface area contributed by atoms with E-state index < -0.39 is 5.54 Å². The third kappa shape index (κ3) is 2.14. The molecule has 7 nitrogen and oxygen atoms in total. The van der Waals surface area contributed by atoms with Gasteiger partial charge in [0.1, 0.15) is 11.2 Å². The van der Waals surface area contributed by atoms with Crippen molar-refractivity contribution < 1.29 is 14.4 Å². The van der Waals surface area contributed by atoms with Crippen molar-refractivity contribution >= 4 is 17.8 Å². The first-order valence-corrected chi connectivity index (χ1v) is 6.84. The summed E-state index contributed by atoms with van der Waals surface area (Å²) in [6.45, 7) is 0.852. The fourth-order valence-corrected chi connectivity index (χ4v) is 2.84. The lowest BCUT2D eigenvalue weighted by Gasteiger charge is -2.37. The summed E-state index contributed by atoms with van der Waals surface area (Å²) in [6.07, 6.45) is 2.44. The maximum atomic E-state index is 12.3. The molecule has 2 fully saturated rings. The van der Waals surface area contributed by atoms with Crippen molar-refractivity contribution in [2.45, 2.75) is 18.4 Å². The van der Waals surface area contributed by atoms with Gasteiger partial charge >= 0.3 is 6.03 Å². The number of urea groups is 1. The minimum Gasteiger partial charge on any atom is -0.337 e. The molecule has 21 heavy (non-hydrogen) atoms. The predicted octanol–water partition coefficient (Wildman–Crippen LogP) is 0.238. The summed E-state index contributed by atoms with van der Waals surface area (Å²) in [6, 6.07) is 4.82. The van der Waals surface area contributed by atoms with Gasteiger partial charge in [0.25, 0.3) is 11.8 Å². The number of imide groups is 1. The van der Waals surface area contributed by atoms with Crippen molar-refractivity contribution in [3.8, 4) is 0 Å². The van der Waals surface area contributed by atoms with Crippen molar-refractivity contribution in [2.75, 3.05) is 20.1 Å². The van der Waals surface area contributed by atoms with Gasteiger partial charge in [-0.1, -0.05) is 6.07 Å². The topological polar surface area (TPSA) is 82.6 Å². The van der Waals surface area contributed by atoms with Gasteiger partial charge in [0.2, 0.25) is 0 Å². The number of likely N-dealkylation sites (tertiary alicyclic amines) is 1. The molecule has 110 valence electrons. The molecule has 0 bridgehead atoms. The van der Waals surface area contributed by atoms with E-state index in [0.717, 1.165) is 4.90 Å². The summed E-state index contributed by atoms with van der Waals surface area (Å²) >= 11 is 0. The molecule has 2 aliphatic rings. The van der Waals surface area contributed by atoms with Gasteiger partial charge in [0.15, 0.2) is 0 Å². The number of hydrogen-bond acceptors (Lipinski definition) is 4. The van der Waals surface area contributed by atoms with Crippen molar-refractivity contribution in [1.82, 2.24) is 20.1 Å². The second-order valence-electron chi connectivity index (χ2n) is 5.38. The van der Waals surface area contributed by atoms with Crippen LogP contribution in [-0.4, -0.2) is 58.3 Å². The molecule has 0 unspecified atom stereocenters. The number of aromatic nitrogens is 1. The molecule has 4 amide bonds. The zero-order valence-electron chi connectivity index (χ0n) is 11.7. The molecule has 3 heterocycles. The molecule has 0 atom stereocenters. The van der Waals surface area contributed by atoms with E-state index in [9.17, 15) is 14.4 Å². The molecular weight excluding hydrogens is 272 g/mol. The number of carbonyl (C=O) groups is 3. The van der Waals surface area contributed by atoms with Gasteiger partial charge in [0.05, 0.1) is 0 Å². The number of hydrogen-bond donors (Lipinski definition) is 1. The summed E-state index contributed by atoms with van der Waals surface area (Å²) < 4.78 is 0. The van der Waals surface area contributed by atoms with Gasteiger partial charge in [0, 0.05) is 26.3 Å². The molecule has 2 aliphatic heterocycles. The number of carbonyl (C=O) groups excluding carboxylic acids is 3. The van der Waals surface area contributed by atoms with Gasteiger partial charge in [-0.15, -0.1) is 0 Å². The van der Waals surface area contributed by atoms with Crippen molar-refractivity contribution in [3.05, 3.63) is 30.1 Å². The van der Waals surface area contributed by atoms with Crippen LogP contribution in [0.15, 0.2) is 24.4 Å². The lowest BCUT2D eigenvalue weighted by atomic mass is 9.87. The summed E-state index contributed by atoms with van der Waals surface area (Å²) in [4.78, 5) is 42.9. The van der Waals surface area contributed by atoms with Crippen molar-refractivity contribution in [3.63, 3.8) is 0 Å². The highest BCUT2D eigenvalue weighted by atomic mass is 16.2. The molecule has 7 heteroatoms. The number of piperidine rings is 1. The molecule has 0 radical (unpaired) electrons. The van der Waals surface area contributed by atoms with Crippen molar-refractivity contribution in [1.29, 1.82) is 0 Å². The van der Waals surface area contributed by atoms with Crippen LogP contribution >= 0.6 is 0 Å². The maximum Gasteiger partial charge on any atom is 0.324 e. The smallest absolute Gasteiger partial charge is 0.324 e. The molecule has 2 saturated heterocycles.